The van der Waals surface area contributed by atoms with E-state index in [4.69, 9.17) is 10.2 Å². The summed E-state index contributed by atoms with van der Waals surface area (Å²) in [7, 11) is 0. The van der Waals surface area contributed by atoms with Gasteiger partial charge in [-0.3, -0.25) is 0 Å². The van der Waals surface area contributed by atoms with E-state index in [0.29, 0.717) is 35.4 Å². The van der Waals surface area contributed by atoms with E-state index in [1.807, 2.05) is 0 Å². The Hall–Kier alpha value is -0.674. The number of nitrogens with one attached hydrogen (secondary N) is 1. The van der Waals surface area contributed by atoms with Gasteiger partial charge in [-0.2, -0.15) is 5.10 Å². The van der Waals surface area contributed by atoms with E-state index in [9.17, 15) is 14.7 Å². The van der Waals surface area contributed by atoms with Gasteiger partial charge in [0, 0.05) is 17.5 Å². The van der Waals surface area contributed by atoms with Crippen molar-refractivity contribution in [3.8, 4) is 0 Å². The number of hydrazone groups is 1. The molecule has 1 aromatic rings. The van der Waals surface area contributed by atoms with E-state index in [2.05, 4.69) is 10.5 Å². The van der Waals surface area contributed by atoms with Gasteiger partial charge in [-0.25, -0.2) is 10.2 Å². The number of nitrogens with zero attached hydrogens (tertiary/aromatic N) is 1. The minimum absolute atomic E-state index is 0. The molecule has 0 fully saturated rings. The van der Waals surface area contributed by atoms with Crippen molar-refractivity contribution in [3.05, 3.63) is 22.6 Å². The van der Waals surface area contributed by atoms with Gasteiger partial charge >= 0.3 is 57.4 Å². The van der Waals surface area contributed by atoms with Crippen LogP contribution in [-0.4, -0.2) is 17.7 Å². The average Bonchev–Trinajstić information content (AvgIpc) is 2.65. The monoisotopic (exact) mass is 289 g/mol. The molecule has 0 saturated heterocycles. The number of rotatable bonds is 2. The Balaban J connectivity index is 0.00000180. The van der Waals surface area contributed by atoms with Crippen LogP contribution in [0.15, 0.2) is 9.52 Å². The van der Waals surface area contributed by atoms with Gasteiger partial charge in [0.1, 0.15) is 11.7 Å². The van der Waals surface area contributed by atoms with Crippen molar-refractivity contribution in [1.82, 2.24) is 5.43 Å². The molecule has 0 atom stereocenters. The Kier molecular flexibility index (Phi) is 5.74. The van der Waals surface area contributed by atoms with E-state index < -0.39 is 12.0 Å². The maximum atomic E-state index is 10.9. The summed E-state index contributed by atoms with van der Waals surface area (Å²) in [5, 5.41) is 14.8. The zero-order valence-corrected chi connectivity index (χ0v) is 13.9. The minimum atomic E-state index is -1.36. The van der Waals surface area contributed by atoms with Gasteiger partial charge in [0.25, 0.3) is 0 Å². The quantitative estimate of drug-likeness (QED) is 0.437. The molecule has 0 aromatic carbocycles. The number of primary amides is 1. The van der Waals surface area contributed by atoms with Gasteiger partial charge in [-0.05, 0) is 19.8 Å². The molecule has 3 N–H and O–H groups in total. The number of carboxylic acid groups (broad SMARTS) is 1. The molecule has 8 heteroatoms. The summed E-state index contributed by atoms with van der Waals surface area (Å²) in [6, 6.07) is -0.768. The molecule has 0 radical (unpaired) electrons. The Bertz CT molecular complexity index is 550. The molecule has 2 amide bonds. The number of urea groups is 1. The molecule has 1 aliphatic carbocycles. The molecule has 7 nitrogen and oxygen atoms in total. The van der Waals surface area contributed by atoms with Gasteiger partial charge in [0.2, 0.25) is 0 Å². The van der Waals surface area contributed by atoms with Crippen molar-refractivity contribution < 1.29 is 70.5 Å². The second kappa shape index (κ2) is 6.66. The largest absolute Gasteiger partial charge is 1.00 e. The summed E-state index contributed by atoms with van der Waals surface area (Å²) in [5.74, 6) is -0.985. The number of hydrogen-bond donors (Lipinski definition) is 2. The first-order chi connectivity index (χ1) is 8.50. The molecule has 1 aromatic heterocycles. The van der Waals surface area contributed by atoms with Crippen LogP contribution in [0.5, 0.6) is 0 Å². The molecule has 1 heterocycles. The number of carbonyl (C=O) groups excluding carboxylic acids is 2. The standard InChI is InChI=1S/C11H13N3O4.K/c1-5-8-6(13-14-11(12)17)3-2-4-7(8)18-9(5)10(15)16;/h2-4H2,1H3,(H,15,16)(H3,12,14,17);/q;+1/p-1/b13-6+;. The Morgan fingerprint density at radius 1 is 1.42 bits per heavy atom. The van der Waals surface area contributed by atoms with Gasteiger partial charge in [0.15, 0.2) is 5.76 Å². The van der Waals surface area contributed by atoms with Crippen LogP contribution in [0.2, 0.25) is 0 Å². The summed E-state index contributed by atoms with van der Waals surface area (Å²) < 4.78 is 5.25. The molecular weight excluding hydrogens is 277 g/mol. The van der Waals surface area contributed by atoms with Gasteiger partial charge in [-0.1, -0.05) is 0 Å². The Morgan fingerprint density at radius 3 is 2.68 bits per heavy atom. The molecule has 19 heavy (non-hydrogen) atoms. The number of carbonyl (C=O) groups is 2. The fourth-order valence-electron chi connectivity index (χ4n) is 2.10. The van der Waals surface area contributed by atoms with Crippen LogP contribution in [0.4, 0.5) is 4.79 Å². The second-order valence-electron chi connectivity index (χ2n) is 4.03. The van der Waals surface area contributed by atoms with E-state index in [-0.39, 0.29) is 57.1 Å². The number of amides is 2. The molecular formula is C11H12KN3O4. The van der Waals surface area contributed by atoms with Crippen LogP contribution in [-0.2, 0) is 6.42 Å². The van der Waals surface area contributed by atoms with E-state index in [0.717, 1.165) is 6.42 Å². The van der Waals surface area contributed by atoms with Crippen molar-refractivity contribution in [2.75, 3.05) is 0 Å². The van der Waals surface area contributed by atoms with Crippen LogP contribution in [0.3, 0.4) is 0 Å². The number of fused-ring (bicyclic) bond motifs is 1. The Labute approximate surface area is 152 Å². The predicted molar refractivity (Wildman–Crippen MR) is 60.0 cm³/mol. The topological polar surface area (TPSA) is 121 Å². The summed E-state index contributed by atoms with van der Waals surface area (Å²) in [6.07, 6.45) is 2.03. The zero-order valence-electron chi connectivity index (χ0n) is 10.8. The van der Waals surface area contributed by atoms with Gasteiger partial charge in [0.05, 0.1) is 5.71 Å². The predicted octanol–water partition coefficient (Wildman–Crippen LogP) is -3.34. The third-order valence-corrected chi connectivity index (χ3v) is 2.81. The fraction of sp³-hybridized carbons (Fsp3) is 0.364. The number of aryl methyl sites for hydroxylation is 1. The van der Waals surface area contributed by atoms with Crippen LogP contribution < -0.4 is 67.7 Å². The molecule has 0 unspecified atom stereocenters. The smallest absolute Gasteiger partial charge is 0.542 e. The zero-order chi connectivity index (χ0) is 13.3. The van der Waals surface area contributed by atoms with Crippen LogP contribution in [0.25, 0.3) is 0 Å². The van der Waals surface area contributed by atoms with Gasteiger partial charge in [-0.15, -0.1) is 0 Å². The van der Waals surface area contributed by atoms with E-state index in [1.165, 1.54) is 0 Å². The molecule has 0 saturated carbocycles. The van der Waals surface area contributed by atoms with Crippen molar-refractivity contribution in [1.29, 1.82) is 0 Å². The first-order valence-corrected chi connectivity index (χ1v) is 5.46. The summed E-state index contributed by atoms with van der Waals surface area (Å²) in [6.45, 7) is 1.62. The number of nitrogens with two attached hydrogens (primary N) is 1. The summed E-state index contributed by atoms with van der Waals surface area (Å²) in [4.78, 5) is 21.5. The third-order valence-electron chi connectivity index (χ3n) is 2.81. The maximum Gasteiger partial charge on any atom is 1.00 e. The first-order valence-electron chi connectivity index (χ1n) is 5.46. The number of carboxylic acids is 1. The van der Waals surface area contributed by atoms with E-state index in [1.54, 1.807) is 6.92 Å². The molecule has 1 aliphatic rings. The molecule has 96 valence electrons. The summed E-state index contributed by atoms with van der Waals surface area (Å²) >= 11 is 0. The van der Waals surface area contributed by atoms with Gasteiger partial charge < -0.3 is 20.1 Å². The number of aromatic carboxylic acids is 1. The van der Waals surface area contributed by atoms with Crippen LogP contribution in [0.1, 0.15) is 40.3 Å². The molecule has 0 aliphatic heterocycles. The van der Waals surface area contributed by atoms with Crippen molar-refractivity contribution >= 4 is 17.7 Å². The molecule has 2 rings (SSSR count). The molecule has 0 spiro atoms. The SMILES string of the molecule is Cc1c(C(=O)[O-])oc2c1/C(=N/NC(N)=O)CCC2.[K+]. The first kappa shape index (κ1) is 16.4. The second-order valence-corrected chi connectivity index (χ2v) is 4.03. The van der Waals surface area contributed by atoms with E-state index >= 15 is 0 Å². The fourth-order valence-corrected chi connectivity index (χ4v) is 2.10. The molecule has 0 bridgehead atoms. The van der Waals surface area contributed by atoms with Crippen molar-refractivity contribution in [3.63, 3.8) is 0 Å². The van der Waals surface area contributed by atoms with Crippen molar-refractivity contribution in [2.24, 2.45) is 10.8 Å². The normalized spacial score (nSPS) is 15.5. The maximum absolute atomic E-state index is 10.9. The summed E-state index contributed by atoms with van der Waals surface area (Å²) in [5.41, 5.74) is 8.75. The minimum Gasteiger partial charge on any atom is -0.542 e. The Morgan fingerprint density at radius 2 is 2.11 bits per heavy atom. The number of furan rings is 1. The average molecular weight is 289 g/mol. The third kappa shape index (κ3) is 3.45. The van der Waals surface area contributed by atoms with Crippen LogP contribution >= 0.6 is 0 Å². The van der Waals surface area contributed by atoms with Crippen molar-refractivity contribution in [2.45, 2.75) is 26.2 Å². The van der Waals surface area contributed by atoms with Crippen LogP contribution in [0, 0.1) is 6.92 Å². The number of hydrogen-bond acceptors (Lipinski definition) is 5.